The molecule has 166 valence electrons. The molecule has 1 aliphatic rings. The molecule has 4 aromatic rings. The van der Waals surface area contributed by atoms with Gasteiger partial charge in [0.2, 0.25) is 5.91 Å². The first-order valence-electron chi connectivity index (χ1n) is 10.2. The van der Waals surface area contributed by atoms with Gasteiger partial charge in [0.25, 0.3) is 0 Å². The fourth-order valence-corrected chi connectivity index (χ4v) is 4.90. The molecule has 1 fully saturated rings. The molecule has 1 amide bonds. The summed E-state index contributed by atoms with van der Waals surface area (Å²) in [5, 5.41) is 27.6. The van der Waals surface area contributed by atoms with Gasteiger partial charge < -0.3 is 10.0 Å². The molecule has 0 aliphatic carbocycles. The molecule has 0 spiro atoms. The van der Waals surface area contributed by atoms with Crippen molar-refractivity contribution in [1.29, 1.82) is 5.26 Å². The predicted octanol–water partition coefficient (Wildman–Crippen LogP) is 2.52. The van der Waals surface area contributed by atoms with E-state index in [4.69, 9.17) is 5.11 Å². The van der Waals surface area contributed by atoms with Gasteiger partial charge in [0, 0.05) is 47.7 Å². The Labute approximate surface area is 192 Å². The third-order valence-corrected chi connectivity index (χ3v) is 6.61. The summed E-state index contributed by atoms with van der Waals surface area (Å²) in [6.07, 6.45) is 9.16. The Kier molecular flexibility index (Phi) is 5.53. The summed E-state index contributed by atoms with van der Waals surface area (Å²) in [6.45, 7) is 0.569. The minimum atomic E-state index is -0.497. The lowest BCUT2D eigenvalue weighted by atomic mass is 10.1. The summed E-state index contributed by atoms with van der Waals surface area (Å²) in [6, 6.07) is 6.89. The topological polar surface area (TPSA) is 112 Å². The maximum absolute atomic E-state index is 14.3. The number of hydrogen-bond donors (Lipinski definition) is 1. The molecule has 0 bridgehead atoms. The Hall–Kier alpha value is -3.75. The van der Waals surface area contributed by atoms with Crippen molar-refractivity contribution in [2.45, 2.75) is 22.4 Å². The number of carbonyl (C=O) groups is 1. The first-order valence-corrected chi connectivity index (χ1v) is 11.0. The second kappa shape index (κ2) is 8.65. The molecule has 1 N–H and O–H groups in total. The number of nitrogens with zero attached hydrogens (tertiary/aromatic N) is 7. The number of hydrogen-bond acceptors (Lipinski definition) is 7. The van der Waals surface area contributed by atoms with E-state index in [-0.39, 0.29) is 17.0 Å². The molecule has 33 heavy (non-hydrogen) atoms. The lowest BCUT2D eigenvalue weighted by Gasteiger charge is -2.15. The van der Waals surface area contributed by atoms with Gasteiger partial charge in [0.1, 0.15) is 17.7 Å². The molecule has 5 heterocycles. The zero-order valence-corrected chi connectivity index (χ0v) is 18.1. The number of pyridine rings is 2. The highest BCUT2D eigenvalue weighted by Crippen LogP contribution is 2.36. The molecule has 0 unspecified atom stereocenters. The number of aliphatic hydroxyl groups is 1. The molecule has 0 radical (unpaired) electrons. The number of rotatable bonds is 5. The van der Waals surface area contributed by atoms with Crippen LogP contribution in [-0.4, -0.2) is 60.0 Å². The summed E-state index contributed by atoms with van der Waals surface area (Å²) < 4.78 is 17.7. The molecule has 1 saturated heterocycles. The van der Waals surface area contributed by atoms with Crippen molar-refractivity contribution in [2.24, 2.45) is 0 Å². The molecular formula is C22H18FN7O2S. The highest BCUT2D eigenvalue weighted by molar-refractivity contribution is 7.99. The van der Waals surface area contributed by atoms with Crippen molar-refractivity contribution in [3.05, 3.63) is 60.6 Å². The van der Waals surface area contributed by atoms with Crippen molar-refractivity contribution < 1.29 is 14.3 Å². The van der Waals surface area contributed by atoms with Crippen LogP contribution >= 0.6 is 11.8 Å². The SMILES string of the molecule is N#Cc1cnn2cc(-c3cnn([C@H]4CCN(C(=O)CO)C4)c3)cc(Sc3ncccc3F)c12. The lowest BCUT2D eigenvalue weighted by Crippen LogP contribution is -2.31. The normalized spacial score (nSPS) is 15.8. The van der Waals surface area contributed by atoms with Crippen LogP contribution in [0.25, 0.3) is 16.6 Å². The van der Waals surface area contributed by atoms with Gasteiger partial charge in [-0.2, -0.15) is 15.5 Å². The summed E-state index contributed by atoms with van der Waals surface area (Å²) in [5.41, 5.74) is 2.58. The van der Waals surface area contributed by atoms with E-state index < -0.39 is 12.4 Å². The molecule has 1 atom stereocenters. The van der Waals surface area contributed by atoms with Crippen LogP contribution in [0.1, 0.15) is 18.0 Å². The average molecular weight is 463 g/mol. The van der Waals surface area contributed by atoms with Crippen LogP contribution in [0.2, 0.25) is 0 Å². The van der Waals surface area contributed by atoms with Crippen LogP contribution in [0.5, 0.6) is 0 Å². The molecule has 0 saturated carbocycles. The highest BCUT2D eigenvalue weighted by Gasteiger charge is 2.27. The van der Waals surface area contributed by atoms with E-state index in [1.54, 1.807) is 21.8 Å². The standard InChI is InChI=1S/C22H18FN7O2S/c23-18-2-1-4-25-22(18)33-19-6-14(10-30-21(19)15(7-24)8-27-30)16-9-26-29(11-16)17-3-5-28(12-17)20(32)13-31/h1-2,4,6,8-11,17,31H,3,5,12-13H2/t17-/m0/s1. The summed E-state index contributed by atoms with van der Waals surface area (Å²) in [4.78, 5) is 18.1. The lowest BCUT2D eigenvalue weighted by molar-refractivity contribution is -0.133. The van der Waals surface area contributed by atoms with Crippen LogP contribution < -0.4 is 0 Å². The van der Waals surface area contributed by atoms with Gasteiger partial charge in [-0.25, -0.2) is 13.9 Å². The van der Waals surface area contributed by atoms with E-state index in [1.807, 2.05) is 16.9 Å². The molecule has 1 aliphatic heterocycles. The molecule has 4 aromatic heterocycles. The largest absolute Gasteiger partial charge is 0.387 e. The molecule has 11 heteroatoms. The average Bonchev–Trinajstić information content (AvgIpc) is 3.58. The van der Waals surface area contributed by atoms with E-state index in [1.165, 1.54) is 24.5 Å². The van der Waals surface area contributed by atoms with Crippen molar-refractivity contribution >= 4 is 23.2 Å². The van der Waals surface area contributed by atoms with Gasteiger partial charge in [-0.1, -0.05) is 11.8 Å². The minimum absolute atomic E-state index is 0.0179. The van der Waals surface area contributed by atoms with Gasteiger partial charge >= 0.3 is 0 Å². The van der Waals surface area contributed by atoms with Crippen LogP contribution in [0.15, 0.2) is 59.1 Å². The van der Waals surface area contributed by atoms with E-state index in [9.17, 15) is 14.4 Å². The Morgan fingerprint density at radius 2 is 2.18 bits per heavy atom. The first-order chi connectivity index (χ1) is 16.1. The fraction of sp³-hybridized carbons (Fsp3) is 0.227. The summed E-state index contributed by atoms with van der Waals surface area (Å²) in [5.74, 6) is -0.731. The van der Waals surface area contributed by atoms with Gasteiger partial charge in [-0.05, 0) is 24.6 Å². The molecular weight excluding hydrogens is 445 g/mol. The van der Waals surface area contributed by atoms with Gasteiger partial charge in [-0.3, -0.25) is 9.48 Å². The second-order valence-electron chi connectivity index (χ2n) is 7.60. The quantitative estimate of drug-likeness (QED) is 0.484. The number of halogens is 1. The van der Waals surface area contributed by atoms with Crippen molar-refractivity contribution in [2.75, 3.05) is 19.7 Å². The number of fused-ring (bicyclic) bond motifs is 1. The number of nitriles is 1. The van der Waals surface area contributed by atoms with Gasteiger partial charge in [0.15, 0.2) is 5.82 Å². The third kappa shape index (κ3) is 3.94. The van der Waals surface area contributed by atoms with E-state index >= 15 is 0 Å². The maximum Gasteiger partial charge on any atom is 0.248 e. The third-order valence-electron chi connectivity index (χ3n) is 5.59. The van der Waals surface area contributed by atoms with Crippen molar-refractivity contribution in [3.8, 4) is 17.2 Å². The highest BCUT2D eigenvalue weighted by atomic mass is 32.2. The van der Waals surface area contributed by atoms with Crippen LogP contribution in [-0.2, 0) is 4.79 Å². The number of aromatic nitrogens is 5. The monoisotopic (exact) mass is 463 g/mol. The number of carbonyl (C=O) groups excluding carboxylic acids is 1. The Balaban J connectivity index is 1.50. The van der Waals surface area contributed by atoms with Gasteiger partial charge in [-0.15, -0.1) is 0 Å². The van der Waals surface area contributed by atoms with Crippen LogP contribution in [0.4, 0.5) is 4.39 Å². The smallest absolute Gasteiger partial charge is 0.248 e. The summed E-state index contributed by atoms with van der Waals surface area (Å²) in [7, 11) is 0. The molecule has 9 nitrogen and oxygen atoms in total. The molecule has 5 rings (SSSR count). The van der Waals surface area contributed by atoms with Gasteiger partial charge in [0.05, 0.1) is 29.5 Å². The number of aliphatic hydroxyl groups excluding tert-OH is 1. The second-order valence-corrected chi connectivity index (χ2v) is 8.63. The molecule has 0 aromatic carbocycles. The van der Waals surface area contributed by atoms with Crippen molar-refractivity contribution in [1.82, 2.24) is 29.3 Å². The minimum Gasteiger partial charge on any atom is -0.387 e. The zero-order valence-electron chi connectivity index (χ0n) is 17.3. The Morgan fingerprint density at radius 1 is 1.30 bits per heavy atom. The Bertz CT molecular complexity index is 1390. The predicted molar refractivity (Wildman–Crippen MR) is 117 cm³/mol. The van der Waals surface area contributed by atoms with E-state index in [0.717, 1.165) is 29.3 Å². The fourth-order valence-electron chi connectivity index (χ4n) is 3.92. The number of amides is 1. The Morgan fingerprint density at radius 3 is 2.97 bits per heavy atom. The van der Waals surface area contributed by atoms with E-state index in [2.05, 4.69) is 21.3 Å². The van der Waals surface area contributed by atoms with Crippen LogP contribution in [0, 0.1) is 17.1 Å². The number of likely N-dealkylation sites (tertiary alicyclic amines) is 1. The van der Waals surface area contributed by atoms with E-state index in [0.29, 0.717) is 29.1 Å². The first kappa shape index (κ1) is 21.1. The summed E-state index contributed by atoms with van der Waals surface area (Å²) >= 11 is 1.13. The maximum atomic E-state index is 14.3. The van der Waals surface area contributed by atoms with Crippen molar-refractivity contribution in [3.63, 3.8) is 0 Å². The zero-order chi connectivity index (χ0) is 22.9. The van der Waals surface area contributed by atoms with Crippen LogP contribution in [0.3, 0.4) is 0 Å².